The van der Waals surface area contributed by atoms with Gasteiger partial charge in [0.2, 0.25) is 0 Å². The largest absolute Gasteiger partial charge is 0.258 e. The normalized spacial score (nSPS) is 12.1. The fraction of sp³-hybridized carbons (Fsp3) is 0.0507. The molecule has 0 atom stereocenters. The van der Waals surface area contributed by atoms with Gasteiger partial charge in [-0.05, 0) is 412 Å². The summed E-state index contributed by atoms with van der Waals surface area (Å²) in [6, 6.07) is 176. The highest BCUT2D eigenvalue weighted by Crippen LogP contribution is 2.64. The van der Waals surface area contributed by atoms with E-state index in [1.165, 1.54) is 243 Å². The number of fused-ring (bicyclic) bond motifs is 20. The maximum absolute atomic E-state index is 5.02. The lowest BCUT2D eigenvalue weighted by Gasteiger charge is -2.30. The molecule has 0 unspecified atom stereocenters. The van der Waals surface area contributed by atoms with Gasteiger partial charge >= 0.3 is 0 Å². The summed E-state index contributed by atoms with van der Waals surface area (Å²) in [5.74, 6) is 0. The third-order valence-electron chi connectivity index (χ3n) is 29.2. The summed E-state index contributed by atoms with van der Waals surface area (Å²) in [5, 5.41) is 12.9. The lowest BCUT2D eigenvalue weighted by molar-refractivity contribution is 0.794. The number of nitrogens with zero attached hydrogens (tertiary/aromatic N) is 3. The van der Waals surface area contributed by atoms with Gasteiger partial charge in [0.05, 0.1) is 16.8 Å². The summed E-state index contributed by atoms with van der Waals surface area (Å²) in [6.07, 6.45) is 0. The molecule has 0 N–H and O–H groups in total. The third kappa shape index (κ3) is 15.4. The first-order valence-electron chi connectivity index (χ1n) is 48.9. The number of aryl methyl sites for hydroxylation is 6. The number of hydrogen-bond acceptors (Lipinski definition) is 3. The molecule has 3 aromatic heterocycles. The summed E-state index contributed by atoms with van der Waals surface area (Å²) >= 11 is 0. The highest BCUT2D eigenvalue weighted by Gasteiger charge is 2.51. The van der Waals surface area contributed by atoms with E-state index < -0.39 is 0 Å². The SMILES string of the molecule is Cc1cc(-c2cc(-c3cc(-c4ccccc4)cc(-c4ccccc4)c3)cc(-c3ccc4c5ccccc5c5ccccc5c4c3)c2)cc(C)n1.Cc1cc(C)nc(-c2cc(-c3ccc4c(c3)C3(c5ccccc5-c5ccccc53)c3ccccc3-4)cc(-c3ccc4ccccc4c3)c2)c1.Cc1cc(C)nc(-c2ccc(-c3cc(-c4ccccc4)cc(-c4ccc5c6c(cccc46)-c4ccccc4-5)c3)cc2)c1. The van der Waals surface area contributed by atoms with Gasteiger partial charge in [-0.15, -0.1) is 0 Å². The first-order chi connectivity index (χ1) is 69.3. The van der Waals surface area contributed by atoms with Gasteiger partial charge < -0.3 is 0 Å². The van der Waals surface area contributed by atoms with Crippen molar-refractivity contribution in [3.05, 3.63) is 535 Å². The quantitative estimate of drug-likeness (QED) is 0.114. The molecule has 0 amide bonds. The van der Waals surface area contributed by atoms with Crippen LogP contribution in [0.25, 0.3) is 232 Å². The van der Waals surface area contributed by atoms with Gasteiger partial charge in [0, 0.05) is 33.9 Å². The van der Waals surface area contributed by atoms with E-state index in [1.807, 2.05) is 0 Å². The van der Waals surface area contributed by atoms with Crippen molar-refractivity contribution in [1.82, 2.24) is 15.0 Å². The van der Waals surface area contributed by atoms with Crippen LogP contribution < -0.4 is 0 Å². The highest BCUT2D eigenvalue weighted by atomic mass is 14.7. The molecule has 141 heavy (non-hydrogen) atoms. The second-order valence-corrected chi connectivity index (χ2v) is 38.3. The number of aromatic nitrogens is 3. The van der Waals surface area contributed by atoms with E-state index in [-0.39, 0.29) is 5.41 Å². The fourth-order valence-corrected chi connectivity index (χ4v) is 23.0. The average molecular weight is 1800 g/mol. The predicted molar refractivity (Wildman–Crippen MR) is 595 cm³/mol. The smallest absolute Gasteiger partial charge is 0.0725 e. The van der Waals surface area contributed by atoms with E-state index >= 15 is 0 Å². The minimum atomic E-state index is -0.372. The summed E-state index contributed by atoms with van der Waals surface area (Å²) in [7, 11) is 0. The molecule has 3 heteroatoms. The second-order valence-electron chi connectivity index (χ2n) is 38.3. The van der Waals surface area contributed by atoms with E-state index in [9.17, 15) is 0 Å². The minimum absolute atomic E-state index is 0.372. The summed E-state index contributed by atoms with van der Waals surface area (Å²) in [4.78, 5) is 14.5. The number of rotatable bonds is 12. The monoisotopic (exact) mass is 1800 g/mol. The molecule has 0 saturated heterocycles. The summed E-state index contributed by atoms with van der Waals surface area (Å²) < 4.78 is 0. The van der Waals surface area contributed by atoms with Crippen LogP contribution in [0.1, 0.15) is 56.2 Å². The molecular weight excluding hydrogens is 1700 g/mol. The molecule has 0 radical (unpaired) electrons. The molecule has 0 aliphatic heterocycles. The van der Waals surface area contributed by atoms with Crippen LogP contribution in [0, 0.1) is 41.5 Å². The molecule has 0 bridgehead atoms. The van der Waals surface area contributed by atoms with Gasteiger partial charge in [-0.2, -0.15) is 0 Å². The first-order valence-corrected chi connectivity index (χ1v) is 48.9. The predicted octanol–water partition coefficient (Wildman–Crippen LogP) is 36.9. The zero-order valence-electron chi connectivity index (χ0n) is 79.5. The second kappa shape index (κ2) is 35.2. The molecular formula is C138H97N3. The molecule has 664 valence electrons. The molecule has 24 aromatic rings. The maximum atomic E-state index is 5.02. The zero-order chi connectivity index (χ0) is 94.5. The van der Waals surface area contributed by atoms with Crippen molar-refractivity contribution < 1.29 is 0 Å². The maximum Gasteiger partial charge on any atom is 0.0725 e. The molecule has 1 spiro atoms. The Morgan fingerprint density at radius 3 is 0.943 bits per heavy atom. The fourth-order valence-electron chi connectivity index (χ4n) is 23.0. The average Bonchev–Trinajstić information content (AvgIpc) is 1.50. The Labute approximate surface area is 823 Å². The Balaban J connectivity index is 0.000000112. The summed E-state index contributed by atoms with van der Waals surface area (Å²) in [6.45, 7) is 12.6. The van der Waals surface area contributed by atoms with Crippen LogP contribution >= 0.6 is 0 Å². The van der Waals surface area contributed by atoms with Crippen LogP contribution in [0.3, 0.4) is 0 Å². The van der Waals surface area contributed by atoms with Crippen LogP contribution in [0.2, 0.25) is 0 Å². The Hall–Kier alpha value is -17.6. The Kier molecular flexibility index (Phi) is 21.2. The van der Waals surface area contributed by atoms with Gasteiger partial charge in [0.1, 0.15) is 0 Å². The number of hydrogen-bond donors (Lipinski definition) is 0. The summed E-state index contributed by atoms with van der Waals surface area (Å²) in [5.41, 5.74) is 50.6. The van der Waals surface area contributed by atoms with Crippen molar-refractivity contribution in [1.29, 1.82) is 0 Å². The molecule has 3 aliphatic carbocycles. The molecule has 21 aromatic carbocycles. The third-order valence-corrected chi connectivity index (χ3v) is 29.2. The van der Waals surface area contributed by atoms with E-state index in [4.69, 9.17) is 15.0 Å². The van der Waals surface area contributed by atoms with Crippen molar-refractivity contribution in [3.8, 4) is 178 Å². The van der Waals surface area contributed by atoms with Gasteiger partial charge in [-0.25, -0.2) is 0 Å². The van der Waals surface area contributed by atoms with Crippen LogP contribution in [0.5, 0.6) is 0 Å². The number of benzene rings is 21. The molecule has 27 rings (SSSR count). The van der Waals surface area contributed by atoms with Crippen LogP contribution in [0.15, 0.2) is 479 Å². The van der Waals surface area contributed by atoms with Crippen molar-refractivity contribution in [2.24, 2.45) is 0 Å². The van der Waals surface area contributed by atoms with E-state index in [0.717, 1.165) is 45.3 Å². The van der Waals surface area contributed by atoms with Crippen molar-refractivity contribution in [2.75, 3.05) is 0 Å². The van der Waals surface area contributed by atoms with E-state index in [2.05, 4.69) is 521 Å². The molecule has 3 aliphatic rings. The van der Waals surface area contributed by atoms with Crippen LogP contribution in [0.4, 0.5) is 0 Å². The van der Waals surface area contributed by atoms with Crippen molar-refractivity contribution in [2.45, 2.75) is 47.0 Å². The molecule has 3 heterocycles. The number of pyridine rings is 3. The highest BCUT2D eigenvalue weighted by molar-refractivity contribution is 6.26. The molecule has 0 saturated carbocycles. The first kappa shape index (κ1) is 85.1. The van der Waals surface area contributed by atoms with Crippen molar-refractivity contribution in [3.63, 3.8) is 0 Å². The van der Waals surface area contributed by atoms with Gasteiger partial charge in [-0.3, -0.25) is 15.0 Å². The minimum Gasteiger partial charge on any atom is -0.258 e. The van der Waals surface area contributed by atoms with Gasteiger partial charge in [0.25, 0.3) is 0 Å². The standard InChI is InChI=1S/C49H35N.C48H33N.C41H29N/c1-32-23-37(24-33(2)50-32)41-28-40(36-21-22-48-46-19-10-9-17-44(46)45-18-11-12-20-47(45)49(48)31-36)29-43(30-41)42-26-38(34-13-5-3-6-14-34)25-39(27-42)35-15-7-4-8-16-35;1-30-23-31(2)49-47(24-30)38-27-36(34-20-19-32-11-3-4-12-33(32)25-34)26-37(28-38)35-21-22-42-41-15-7-10-18-45(41)48(46(42)29-35)43-16-8-5-13-39(43)40-14-6-9-17-44(40)48;1-26-21-27(2)42-40(22-26)30-17-15-29(16-18-30)32-23-31(28-9-4-3-5-10-28)24-33(25-32)34-19-20-39-36-12-7-6-11-35(36)38-14-8-13-37(34)41(38)39/h3-31H,1-2H3;3-29H,1-2H3;3-25H,1-2H3. The Morgan fingerprint density at radius 1 is 0.142 bits per heavy atom. The molecule has 0 fully saturated rings. The van der Waals surface area contributed by atoms with Crippen LogP contribution in [-0.4, -0.2) is 15.0 Å². The van der Waals surface area contributed by atoms with Crippen molar-refractivity contribution >= 4 is 53.9 Å². The Morgan fingerprint density at radius 2 is 0.447 bits per heavy atom. The topological polar surface area (TPSA) is 38.7 Å². The molecule has 3 nitrogen and oxygen atoms in total. The van der Waals surface area contributed by atoms with Gasteiger partial charge in [-0.1, -0.05) is 352 Å². The van der Waals surface area contributed by atoms with E-state index in [0.29, 0.717) is 0 Å². The van der Waals surface area contributed by atoms with Crippen LogP contribution in [-0.2, 0) is 5.41 Å². The lowest BCUT2D eigenvalue weighted by Crippen LogP contribution is -2.25. The Bertz CT molecular complexity index is 8910. The van der Waals surface area contributed by atoms with E-state index in [1.54, 1.807) is 0 Å². The lowest BCUT2D eigenvalue weighted by atomic mass is 9.70. The van der Waals surface area contributed by atoms with Gasteiger partial charge in [0.15, 0.2) is 0 Å². The zero-order valence-corrected chi connectivity index (χ0v) is 79.5.